The van der Waals surface area contributed by atoms with Gasteiger partial charge in [0.2, 0.25) is 0 Å². The molecule has 0 fully saturated rings. The van der Waals surface area contributed by atoms with Crippen molar-refractivity contribution >= 4 is 121 Å². The van der Waals surface area contributed by atoms with E-state index in [9.17, 15) is 20.1 Å². The average Bonchev–Trinajstić information content (AvgIpc) is 1.19. The Morgan fingerprint density at radius 3 is 1.05 bits per heavy atom. The number of nitrogens with zero attached hydrogens (tertiary/aromatic N) is 12. The third-order valence-electron chi connectivity index (χ3n) is 25.9. The molecule has 0 aliphatic carbocycles. The Morgan fingerprint density at radius 1 is 0.387 bits per heavy atom. The minimum Gasteiger partial charge on any atom is -0.497 e. The van der Waals surface area contributed by atoms with Crippen molar-refractivity contribution in [2.45, 2.75) is 229 Å². The summed E-state index contributed by atoms with van der Waals surface area (Å²) in [7, 11) is 1.84. The van der Waals surface area contributed by atoms with Gasteiger partial charge in [0.25, 0.3) is 36.7 Å². The monoisotopic (exact) mass is 2120 g/mol. The zero-order valence-electron chi connectivity index (χ0n) is 89.6. The fraction of sp³-hybridized carbons (Fsp3) is 0.381. The Labute approximate surface area is 892 Å². The van der Waals surface area contributed by atoms with Crippen molar-refractivity contribution in [3.05, 3.63) is 319 Å². The second-order valence-electron chi connectivity index (χ2n) is 38.4. The van der Waals surface area contributed by atoms with Gasteiger partial charge in [-0.2, -0.15) is 15.8 Å². The highest BCUT2D eigenvalue weighted by Gasteiger charge is 2.44. The van der Waals surface area contributed by atoms with Gasteiger partial charge >= 0.3 is 0 Å². The lowest BCUT2D eigenvalue weighted by Gasteiger charge is -2.39. The van der Waals surface area contributed by atoms with Crippen LogP contribution >= 0.6 is 48.3 Å². The van der Waals surface area contributed by atoms with Crippen LogP contribution in [0.3, 0.4) is 0 Å². The first-order chi connectivity index (χ1) is 72.4. The molecule has 0 saturated heterocycles. The number of benzene rings is 10. The maximum Gasteiger partial charge on any atom is 0.271 e. The number of aryl methyl sites for hydroxylation is 4. The van der Waals surface area contributed by atoms with Gasteiger partial charge in [-0.15, -0.1) is 22.7 Å². The highest BCUT2D eigenvalue weighted by Crippen LogP contribution is 2.53. The van der Waals surface area contributed by atoms with E-state index >= 15 is 0 Å². The first-order valence-electron chi connectivity index (χ1n) is 50.9. The van der Waals surface area contributed by atoms with Gasteiger partial charge in [0.1, 0.15) is 65.5 Å². The summed E-state index contributed by atoms with van der Waals surface area (Å²) in [6.45, 7) is 37.5. The molecule has 0 amide bonds. The molecule has 0 aliphatic heterocycles. The summed E-state index contributed by atoms with van der Waals surface area (Å²) < 4.78 is 93.4. The Bertz CT molecular complexity index is 6920. The fourth-order valence-corrected chi connectivity index (χ4v) is 26.8. The van der Waals surface area contributed by atoms with Gasteiger partial charge in [-0.3, -0.25) is 18.7 Å². The Morgan fingerprint density at radius 2 is 0.713 bits per heavy atom. The lowest BCUT2D eigenvalue weighted by molar-refractivity contribution is -0.0386. The Kier molecular flexibility index (Phi) is 40.6. The molecule has 0 radical (unpaired) electrons. The van der Waals surface area contributed by atoms with Crippen LogP contribution in [-0.4, -0.2) is 166 Å². The molecule has 6 unspecified atom stereocenters. The first kappa shape index (κ1) is 114. The molecular formula is C118H137N12O15P3S2. The van der Waals surface area contributed by atoms with Gasteiger partial charge in [0.05, 0.1) is 155 Å². The predicted octanol–water partition coefficient (Wildman–Crippen LogP) is 26.8. The van der Waals surface area contributed by atoms with Gasteiger partial charge in [-0.05, 0) is 260 Å². The van der Waals surface area contributed by atoms with Crippen molar-refractivity contribution in [3.8, 4) is 41.2 Å². The van der Waals surface area contributed by atoms with Crippen molar-refractivity contribution in [2.75, 3.05) is 68.1 Å². The van der Waals surface area contributed by atoms with Crippen LogP contribution in [0.25, 0.3) is 73.2 Å². The number of thiophene rings is 2. The smallest absolute Gasteiger partial charge is 0.271 e. The molecule has 32 heteroatoms. The summed E-state index contributed by atoms with van der Waals surface area (Å²) in [6.07, 6.45) is 3.25. The summed E-state index contributed by atoms with van der Waals surface area (Å²) in [4.78, 5) is 49.4. The van der Waals surface area contributed by atoms with Crippen molar-refractivity contribution in [1.82, 2.24) is 43.1 Å². The average molecular weight is 2120 g/mol. The topological polar surface area (TPSA) is 297 Å². The molecule has 6 heterocycles. The van der Waals surface area contributed by atoms with Crippen LogP contribution in [0.5, 0.6) is 23.0 Å². The van der Waals surface area contributed by atoms with E-state index in [-0.39, 0.29) is 106 Å². The molecular weight excluding hydrogens is 1980 g/mol. The van der Waals surface area contributed by atoms with Crippen molar-refractivity contribution in [3.63, 3.8) is 0 Å². The minimum absolute atomic E-state index is 0.0359. The van der Waals surface area contributed by atoms with Crippen LogP contribution in [0.4, 0.5) is 0 Å². The SMILES string of the molecule is CCC(COCc1ccc2ccc3cccc4ccc1c2c34)OP(OCCC#N)N(C(C)C)C(C)C.COc1ccc(C(OCC(Cn2cnc3c(sc4nc(C)cc(C)c43)c2=O)OP(OCCC#N)N(C(C)C)C(C)C)(c2ccccc2)c2ccc(OC)cc2)cc1.COc1ccc(C(OCC(Cn2cnc3c(sc4nc(C)cc(C)c43)c2=O)OP(OCCC#N)N(C(C)C)C(C)C)(c2ccccc2)c2ccc(OC)cc2)cc1. The Hall–Kier alpha value is -11.8. The number of hydrogen-bond acceptors (Lipinski definition) is 27. The number of nitriles is 3. The first-order valence-corrected chi connectivity index (χ1v) is 55.9. The summed E-state index contributed by atoms with van der Waals surface area (Å²) in [6, 6.07) is 82.5. The van der Waals surface area contributed by atoms with Crippen LogP contribution in [-0.2, 0) is 72.3 Å². The summed E-state index contributed by atoms with van der Waals surface area (Å²) in [5.74, 6) is 2.85. The third-order valence-corrected chi connectivity index (χ3v) is 34.6. The highest BCUT2D eigenvalue weighted by atomic mass is 32.1. The molecule has 6 aromatic heterocycles. The molecule has 27 nitrogen and oxygen atoms in total. The maximum absolute atomic E-state index is 14.4. The number of hydrogen-bond donors (Lipinski definition) is 0. The van der Waals surface area contributed by atoms with E-state index in [1.807, 2.05) is 198 Å². The van der Waals surface area contributed by atoms with Crippen LogP contribution in [0.2, 0.25) is 0 Å². The minimum atomic E-state index is -1.72. The van der Waals surface area contributed by atoms with Crippen LogP contribution in [0.15, 0.2) is 247 Å². The number of aromatic nitrogens is 6. The van der Waals surface area contributed by atoms with E-state index in [4.69, 9.17) is 85.5 Å². The predicted molar refractivity (Wildman–Crippen MR) is 604 cm³/mol. The second kappa shape index (κ2) is 53.5. The quantitative estimate of drug-likeness (QED) is 0.0148. The normalized spacial score (nSPS) is 13.3. The van der Waals surface area contributed by atoms with E-state index in [2.05, 4.69) is 177 Å². The van der Waals surface area contributed by atoms with Gasteiger partial charge in [-0.1, -0.05) is 171 Å². The second-order valence-corrected chi connectivity index (χ2v) is 44.7. The Balaban J connectivity index is 0.000000182. The third kappa shape index (κ3) is 26.6. The number of ether oxygens (including phenoxy) is 7. The standard InChI is InChI=1S/2C44H50N5O6PS.C30H37N2O3P/c2*1-29(2)49(30(3)4)56(54-24-12-23-45)55-38(26-48-28-46-40-39-31(5)25-32(6)47-42(39)57-41(40)43(48)50)27-53-44(33-13-10-9-11-14-33,34-15-19-36(51-7)20-16-34)35-17-21-37(52-8)22-18-35;1-6-27(35-36(34-18-8-17-31)32(21(2)3)22(4)5)20-33-19-26-14-13-25-12-11-23-9-7-10-24-15-16-28(26)30(25)29(23)24/h2*9-11,13-22,25,28-30,38H,12,24,26-27H2,1-8H3;7,9-16,21-22,27H,6,8,18-20H2,1-5H3. The lowest BCUT2D eigenvalue weighted by Crippen LogP contribution is -2.40. The fourth-order valence-electron chi connectivity index (χ4n) is 19.2. The number of pyridine rings is 2. The zero-order chi connectivity index (χ0) is 107. The summed E-state index contributed by atoms with van der Waals surface area (Å²) in [5, 5.41) is 37.3. The number of fused-ring (bicyclic) bond motifs is 6. The maximum atomic E-state index is 14.4. The molecule has 16 aromatic rings. The largest absolute Gasteiger partial charge is 0.497 e. The molecule has 0 aliphatic rings. The van der Waals surface area contributed by atoms with Gasteiger partial charge < -0.3 is 60.3 Å². The van der Waals surface area contributed by atoms with Gasteiger partial charge in [0, 0.05) is 58.4 Å². The van der Waals surface area contributed by atoms with E-state index in [1.165, 1.54) is 60.6 Å². The molecule has 6 atom stereocenters. The van der Waals surface area contributed by atoms with E-state index in [0.29, 0.717) is 69.7 Å². The van der Waals surface area contributed by atoms with E-state index < -0.39 is 49.0 Å². The lowest BCUT2D eigenvalue weighted by atomic mass is 9.80. The molecule has 0 N–H and O–H groups in total. The summed E-state index contributed by atoms with van der Waals surface area (Å²) >= 11 is 2.71. The van der Waals surface area contributed by atoms with Crippen LogP contribution in [0, 0.1) is 61.7 Å². The van der Waals surface area contributed by atoms with E-state index in [1.54, 1.807) is 50.2 Å². The zero-order valence-corrected chi connectivity index (χ0v) is 93.9. The van der Waals surface area contributed by atoms with Gasteiger partial charge in [0.15, 0.2) is 0 Å². The number of rotatable bonds is 49. The molecule has 786 valence electrons. The van der Waals surface area contributed by atoms with Gasteiger partial charge in [-0.25, -0.2) is 33.9 Å². The molecule has 16 rings (SSSR count). The molecule has 0 spiro atoms. The van der Waals surface area contributed by atoms with Crippen molar-refractivity contribution < 1.29 is 60.3 Å². The van der Waals surface area contributed by atoms with Crippen molar-refractivity contribution in [1.29, 1.82) is 15.8 Å². The number of methoxy groups -OCH3 is 4. The van der Waals surface area contributed by atoms with Crippen LogP contribution in [0.1, 0.15) is 177 Å². The summed E-state index contributed by atoms with van der Waals surface area (Å²) in [5.41, 5.74) is 8.88. The highest BCUT2D eigenvalue weighted by molar-refractivity contribution is 7.45. The van der Waals surface area contributed by atoms with Crippen LogP contribution < -0.4 is 30.1 Å². The molecule has 150 heavy (non-hydrogen) atoms. The molecule has 10 aromatic carbocycles. The molecule has 0 bridgehead atoms. The van der Waals surface area contributed by atoms with E-state index in [0.717, 1.165) is 82.7 Å². The van der Waals surface area contributed by atoms with Crippen molar-refractivity contribution in [2.24, 2.45) is 0 Å². The molecule has 0 saturated carbocycles.